The van der Waals surface area contributed by atoms with Crippen LogP contribution in [0.3, 0.4) is 0 Å². The molecule has 0 atom stereocenters. The molecule has 7 heteroatoms. The van der Waals surface area contributed by atoms with Gasteiger partial charge in [-0.15, -0.1) is 0 Å². The van der Waals surface area contributed by atoms with Crippen molar-refractivity contribution in [2.24, 2.45) is 0 Å². The molecule has 0 unspecified atom stereocenters. The van der Waals surface area contributed by atoms with Crippen LogP contribution in [0.1, 0.15) is 39.3 Å². The number of ether oxygens (including phenoxy) is 3. The van der Waals surface area contributed by atoms with Gasteiger partial charge < -0.3 is 14.2 Å². The lowest BCUT2D eigenvalue weighted by atomic mass is 10.1. The number of hydrogen-bond acceptors (Lipinski definition) is 7. The molecule has 7 nitrogen and oxygen atoms in total. The minimum atomic E-state index is -1.23. The predicted octanol–water partition coefficient (Wildman–Crippen LogP) is 1.47. The number of hydrogen-bond donors (Lipinski definition) is 0. The molecule has 0 N–H and O–H groups in total. The molecule has 0 saturated carbocycles. The van der Waals surface area contributed by atoms with E-state index >= 15 is 0 Å². The first-order valence-electron chi connectivity index (χ1n) is 6.81. The highest BCUT2D eigenvalue weighted by molar-refractivity contribution is 6.00. The molecular weight excluding hydrogens is 276 g/mol. The second kappa shape index (κ2) is 8.18. The molecule has 1 aromatic rings. The van der Waals surface area contributed by atoms with E-state index in [9.17, 15) is 9.59 Å². The van der Waals surface area contributed by atoms with Crippen molar-refractivity contribution >= 4 is 11.9 Å². The van der Waals surface area contributed by atoms with Crippen LogP contribution in [-0.4, -0.2) is 41.2 Å². The van der Waals surface area contributed by atoms with Gasteiger partial charge in [-0.1, -0.05) is 0 Å². The van der Waals surface area contributed by atoms with Crippen LogP contribution in [0.25, 0.3) is 0 Å². The van der Waals surface area contributed by atoms with E-state index in [2.05, 4.69) is 9.97 Å². The SMILES string of the molecule is CCOC(=O)C(C(=O)OCC)c1cc(OC(C)C)ncn1. The summed E-state index contributed by atoms with van der Waals surface area (Å²) in [6, 6.07) is 1.44. The third-order valence-electron chi connectivity index (χ3n) is 2.36. The van der Waals surface area contributed by atoms with E-state index < -0.39 is 17.9 Å². The molecule has 0 amide bonds. The van der Waals surface area contributed by atoms with Crippen LogP contribution in [0.15, 0.2) is 12.4 Å². The van der Waals surface area contributed by atoms with Gasteiger partial charge in [0.2, 0.25) is 5.88 Å². The number of rotatable bonds is 7. The summed E-state index contributed by atoms with van der Waals surface area (Å²) in [5.41, 5.74) is 0.192. The molecule has 116 valence electrons. The first-order valence-corrected chi connectivity index (χ1v) is 6.81. The number of nitrogens with zero attached hydrogens (tertiary/aromatic N) is 2. The van der Waals surface area contributed by atoms with Crippen LogP contribution in [-0.2, 0) is 19.1 Å². The Morgan fingerprint density at radius 3 is 2.14 bits per heavy atom. The Morgan fingerprint density at radius 1 is 1.10 bits per heavy atom. The van der Waals surface area contributed by atoms with Crippen molar-refractivity contribution in [3.8, 4) is 5.88 Å². The van der Waals surface area contributed by atoms with Gasteiger partial charge >= 0.3 is 11.9 Å². The normalized spacial score (nSPS) is 10.6. The molecule has 0 saturated heterocycles. The maximum atomic E-state index is 12.0. The average Bonchev–Trinajstić information content (AvgIpc) is 2.39. The molecule has 1 rings (SSSR count). The van der Waals surface area contributed by atoms with Gasteiger partial charge in [-0.25, -0.2) is 9.97 Å². The van der Waals surface area contributed by atoms with E-state index in [1.807, 2.05) is 13.8 Å². The molecule has 0 aliphatic carbocycles. The summed E-state index contributed by atoms with van der Waals surface area (Å²) in [6.07, 6.45) is 1.15. The first kappa shape index (κ1) is 16.9. The molecule has 0 aliphatic rings. The van der Waals surface area contributed by atoms with Crippen LogP contribution in [0.2, 0.25) is 0 Å². The second-order valence-corrected chi connectivity index (χ2v) is 4.38. The standard InChI is InChI=1S/C14H20N2O5/c1-5-19-13(17)12(14(18)20-6-2)10-7-11(16-8-15-10)21-9(3)4/h7-9,12H,5-6H2,1-4H3. The Morgan fingerprint density at radius 2 is 1.67 bits per heavy atom. The molecule has 0 aliphatic heterocycles. The monoisotopic (exact) mass is 296 g/mol. The number of carbonyl (C=O) groups excluding carboxylic acids is 2. The van der Waals surface area contributed by atoms with E-state index in [1.54, 1.807) is 13.8 Å². The molecule has 0 aromatic carbocycles. The Hall–Kier alpha value is -2.18. The summed E-state index contributed by atoms with van der Waals surface area (Å²) >= 11 is 0. The van der Waals surface area contributed by atoms with E-state index in [0.717, 1.165) is 0 Å². The lowest BCUT2D eigenvalue weighted by Crippen LogP contribution is -2.27. The van der Waals surface area contributed by atoms with Gasteiger partial charge in [-0.2, -0.15) is 0 Å². The number of carbonyl (C=O) groups is 2. The summed E-state index contributed by atoms with van der Waals surface area (Å²) in [5, 5.41) is 0. The van der Waals surface area contributed by atoms with Crippen LogP contribution in [0.5, 0.6) is 5.88 Å². The molecule has 21 heavy (non-hydrogen) atoms. The highest BCUT2D eigenvalue weighted by Crippen LogP contribution is 2.20. The summed E-state index contributed by atoms with van der Waals surface area (Å²) in [5.74, 6) is -2.36. The zero-order chi connectivity index (χ0) is 15.8. The Labute approximate surface area is 123 Å². The summed E-state index contributed by atoms with van der Waals surface area (Å²) in [6.45, 7) is 7.33. The highest BCUT2D eigenvalue weighted by Gasteiger charge is 2.33. The maximum absolute atomic E-state index is 12.0. The maximum Gasteiger partial charge on any atom is 0.326 e. The molecular formula is C14H20N2O5. The summed E-state index contributed by atoms with van der Waals surface area (Å²) < 4.78 is 15.2. The van der Waals surface area contributed by atoms with Gasteiger partial charge in [-0.3, -0.25) is 9.59 Å². The Kier molecular flexibility index (Phi) is 6.58. The molecule has 0 radical (unpaired) electrons. The molecule has 0 spiro atoms. The fraction of sp³-hybridized carbons (Fsp3) is 0.571. The van der Waals surface area contributed by atoms with Crippen molar-refractivity contribution in [1.29, 1.82) is 0 Å². The van der Waals surface area contributed by atoms with Gasteiger partial charge in [0.05, 0.1) is 25.0 Å². The largest absolute Gasteiger partial charge is 0.475 e. The lowest BCUT2D eigenvalue weighted by molar-refractivity contribution is -0.157. The lowest BCUT2D eigenvalue weighted by Gasteiger charge is -2.15. The predicted molar refractivity (Wildman–Crippen MR) is 73.8 cm³/mol. The van der Waals surface area contributed by atoms with Gasteiger partial charge in [0, 0.05) is 6.07 Å². The molecule has 1 aromatic heterocycles. The van der Waals surface area contributed by atoms with Crippen LogP contribution < -0.4 is 4.74 Å². The summed E-state index contributed by atoms with van der Waals surface area (Å²) in [7, 11) is 0. The molecule has 0 fully saturated rings. The van der Waals surface area contributed by atoms with Crippen molar-refractivity contribution in [2.45, 2.75) is 39.7 Å². The van der Waals surface area contributed by atoms with Gasteiger partial charge in [0.1, 0.15) is 6.33 Å². The fourth-order valence-electron chi connectivity index (χ4n) is 1.61. The zero-order valence-electron chi connectivity index (χ0n) is 12.7. The van der Waals surface area contributed by atoms with Crippen molar-refractivity contribution in [2.75, 3.05) is 13.2 Å². The minimum Gasteiger partial charge on any atom is -0.475 e. The smallest absolute Gasteiger partial charge is 0.326 e. The van der Waals surface area contributed by atoms with E-state index in [0.29, 0.717) is 0 Å². The van der Waals surface area contributed by atoms with E-state index in [1.165, 1.54) is 12.4 Å². The molecule has 0 bridgehead atoms. The Bertz CT molecular complexity index is 472. The number of aromatic nitrogens is 2. The topological polar surface area (TPSA) is 87.6 Å². The van der Waals surface area contributed by atoms with Gasteiger partial charge in [0.25, 0.3) is 0 Å². The average molecular weight is 296 g/mol. The molecule has 1 heterocycles. The van der Waals surface area contributed by atoms with Crippen LogP contribution in [0.4, 0.5) is 0 Å². The quantitative estimate of drug-likeness (QED) is 0.556. The van der Waals surface area contributed by atoms with E-state index in [4.69, 9.17) is 14.2 Å². The number of esters is 2. The minimum absolute atomic E-state index is 0.0867. The third kappa shape index (κ3) is 5.02. The fourth-order valence-corrected chi connectivity index (χ4v) is 1.61. The van der Waals surface area contributed by atoms with Crippen molar-refractivity contribution in [3.05, 3.63) is 18.1 Å². The summed E-state index contributed by atoms with van der Waals surface area (Å²) in [4.78, 5) is 31.8. The van der Waals surface area contributed by atoms with E-state index in [-0.39, 0.29) is 30.9 Å². The second-order valence-electron chi connectivity index (χ2n) is 4.38. The van der Waals surface area contributed by atoms with Crippen molar-refractivity contribution < 1.29 is 23.8 Å². The van der Waals surface area contributed by atoms with Crippen molar-refractivity contribution in [1.82, 2.24) is 9.97 Å². The van der Waals surface area contributed by atoms with Crippen molar-refractivity contribution in [3.63, 3.8) is 0 Å². The highest BCUT2D eigenvalue weighted by atomic mass is 16.6. The van der Waals surface area contributed by atoms with Crippen LogP contribution >= 0.6 is 0 Å². The first-order chi connectivity index (χ1) is 9.99. The third-order valence-corrected chi connectivity index (χ3v) is 2.36. The van der Waals surface area contributed by atoms with Crippen LogP contribution in [0, 0.1) is 0 Å². The zero-order valence-corrected chi connectivity index (χ0v) is 12.7. The Balaban J connectivity index is 3.07. The van der Waals surface area contributed by atoms with Gasteiger partial charge in [-0.05, 0) is 27.7 Å². The van der Waals surface area contributed by atoms with Gasteiger partial charge in [0.15, 0.2) is 5.92 Å².